The Bertz CT molecular complexity index is 1010. The second-order valence-corrected chi connectivity index (χ2v) is 10.7. The van der Waals surface area contributed by atoms with Gasteiger partial charge >= 0.3 is 11.9 Å². The predicted molar refractivity (Wildman–Crippen MR) is 141 cm³/mol. The fourth-order valence-electron chi connectivity index (χ4n) is 3.35. The molecule has 0 bridgehead atoms. The van der Waals surface area contributed by atoms with Gasteiger partial charge in [-0.2, -0.15) is 0 Å². The lowest BCUT2D eigenvalue weighted by molar-refractivity contribution is -0.141. The van der Waals surface area contributed by atoms with Crippen LogP contribution in [-0.4, -0.2) is 46.0 Å². The summed E-state index contributed by atoms with van der Waals surface area (Å²) in [5, 5.41) is 24.3. The number of hydrogen-bond donors (Lipinski definition) is 4. The standard InChI is InChI=1S/C26H32N2O6S2/c1-5-15(3)21(25(31)32)27-23(29)17-11-7-9-13-19(17)35-36-20-14-10-8-12-18(20)24(30)28-22(26(33)34)16(4)6-2/h7-16,21-22H,5-6H2,1-4H3,(H,27,29)(H,28,30)(H,31,32)(H,33,34)/t15?,16?,21-,22-/m1/s1. The van der Waals surface area contributed by atoms with Crippen LogP contribution < -0.4 is 10.6 Å². The summed E-state index contributed by atoms with van der Waals surface area (Å²) in [6.45, 7) is 7.27. The molecule has 0 radical (unpaired) electrons. The van der Waals surface area contributed by atoms with Gasteiger partial charge in [-0.05, 0) is 36.1 Å². The zero-order chi connectivity index (χ0) is 26.8. The maximum Gasteiger partial charge on any atom is 0.326 e. The van der Waals surface area contributed by atoms with Crippen molar-refractivity contribution in [2.24, 2.45) is 11.8 Å². The van der Waals surface area contributed by atoms with Crippen molar-refractivity contribution in [1.29, 1.82) is 0 Å². The van der Waals surface area contributed by atoms with E-state index < -0.39 is 35.8 Å². The fraction of sp³-hybridized carbons (Fsp3) is 0.385. The normalized spacial score (nSPS) is 14.2. The molecule has 0 aliphatic carbocycles. The van der Waals surface area contributed by atoms with Crippen LogP contribution in [0.5, 0.6) is 0 Å². The Balaban J connectivity index is 2.22. The predicted octanol–water partition coefficient (Wildman–Crippen LogP) is 4.94. The number of carboxylic acid groups (broad SMARTS) is 2. The molecule has 0 spiro atoms. The molecule has 0 saturated carbocycles. The average molecular weight is 533 g/mol. The van der Waals surface area contributed by atoms with E-state index >= 15 is 0 Å². The number of hydrogen-bond acceptors (Lipinski definition) is 6. The van der Waals surface area contributed by atoms with Crippen LogP contribution in [0.3, 0.4) is 0 Å². The first-order valence-electron chi connectivity index (χ1n) is 11.7. The maximum absolute atomic E-state index is 12.9. The van der Waals surface area contributed by atoms with Gasteiger partial charge in [-0.3, -0.25) is 9.59 Å². The van der Waals surface area contributed by atoms with Gasteiger partial charge in [-0.25, -0.2) is 9.59 Å². The highest BCUT2D eigenvalue weighted by Crippen LogP contribution is 2.40. The van der Waals surface area contributed by atoms with Gasteiger partial charge in [-0.15, -0.1) is 0 Å². The highest BCUT2D eigenvalue weighted by atomic mass is 33.1. The molecule has 0 heterocycles. The van der Waals surface area contributed by atoms with Crippen molar-refractivity contribution < 1.29 is 29.4 Å². The van der Waals surface area contributed by atoms with Crippen molar-refractivity contribution in [3.63, 3.8) is 0 Å². The third-order valence-electron chi connectivity index (χ3n) is 6.02. The Hall–Kier alpha value is -2.98. The Morgan fingerprint density at radius 1 is 0.694 bits per heavy atom. The Morgan fingerprint density at radius 3 is 1.33 bits per heavy atom. The zero-order valence-electron chi connectivity index (χ0n) is 20.7. The lowest BCUT2D eigenvalue weighted by Crippen LogP contribution is -2.45. The molecule has 2 amide bonds. The minimum absolute atomic E-state index is 0.240. The quantitative estimate of drug-likeness (QED) is 0.267. The van der Waals surface area contributed by atoms with E-state index in [9.17, 15) is 29.4 Å². The Labute approximate surface area is 219 Å². The first-order valence-corrected chi connectivity index (χ1v) is 13.8. The van der Waals surface area contributed by atoms with Crippen LogP contribution in [0, 0.1) is 11.8 Å². The van der Waals surface area contributed by atoms with E-state index in [1.165, 1.54) is 21.6 Å². The largest absolute Gasteiger partial charge is 0.480 e. The van der Waals surface area contributed by atoms with Gasteiger partial charge < -0.3 is 20.8 Å². The Morgan fingerprint density at radius 2 is 1.03 bits per heavy atom. The van der Waals surface area contributed by atoms with Crippen LogP contribution in [0.25, 0.3) is 0 Å². The summed E-state index contributed by atoms with van der Waals surface area (Å²) in [5.74, 6) is -3.64. The summed E-state index contributed by atoms with van der Waals surface area (Å²) >= 11 is 0. The summed E-state index contributed by atoms with van der Waals surface area (Å²) in [6.07, 6.45) is 1.20. The van der Waals surface area contributed by atoms with E-state index in [4.69, 9.17) is 0 Å². The molecular weight excluding hydrogens is 500 g/mol. The number of amides is 2. The number of carbonyl (C=O) groups excluding carboxylic acids is 2. The van der Waals surface area contributed by atoms with Gasteiger partial charge in [0.2, 0.25) is 0 Å². The molecule has 2 rings (SSSR count). The van der Waals surface area contributed by atoms with Crippen molar-refractivity contribution in [2.75, 3.05) is 0 Å². The Kier molecular flexibility index (Phi) is 11.3. The van der Waals surface area contributed by atoms with E-state index in [2.05, 4.69) is 10.6 Å². The lowest BCUT2D eigenvalue weighted by atomic mass is 9.99. The molecule has 8 nitrogen and oxygen atoms in total. The second kappa shape index (κ2) is 13.9. The zero-order valence-corrected chi connectivity index (χ0v) is 22.3. The molecule has 0 fully saturated rings. The molecule has 0 aromatic heterocycles. The fourth-order valence-corrected chi connectivity index (χ4v) is 5.71. The highest BCUT2D eigenvalue weighted by molar-refractivity contribution is 8.76. The summed E-state index contributed by atoms with van der Waals surface area (Å²) in [5.41, 5.74) is 0.656. The van der Waals surface area contributed by atoms with E-state index in [-0.39, 0.29) is 11.8 Å². The first-order chi connectivity index (χ1) is 17.1. The summed E-state index contributed by atoms with van der Waals surface area (Å²) in [7, 11) is 2.52. The lowest BCUT2D eigenvalue weighted by Gasteiger charge is -2.21. The molecule has 4 atom stereocenters. The molecule has 0 aliphatic heterocycles. The molecule has 0 aliphatic rings. The molecule has 36 heavy (non-hydrogen) atoms. The molecule has 2 unspecified atom stereocenters. The molecule has 2 aromatic carbocycles. The van der Waals surface area contributed by atoms with Crippen LogP contribution >= 0.6 is 21.6 Å². The molecule has 2 aromatic rings. The van der Waals surface area contributed by atoms with E-state index in [0.717, 1.165) is 0 Å². The van der Waals surface area contributed by atoms with E-state index in [0.29, 0.717) is 33.8 Å². The minimum atomic E-state index is -1.09. The van der Waals surface area contributed by atoms with Crippen LogP contribution in [0.1, 0.15) is 61.3 Å². The van der Waals surface area contributed by atoms with Crippen LogP contribution in [0.4, 0.5) is 0 Å². The smallest absolute Gasteiger partial charge is 0.326 e. The van der Waals surface area contributed by atoms with Crippen LogP contribution in [-0.2, 0) is 9.59 Å². The van der Waals surface area contributed by atoms with Gasteiger partial charge in [0.25, 0.3) is 11.8 Å². The maximum atomic E-state index is 12.9. The first kappa shape index (κ1) is 29.3. The number of nitrogens with one attached hydrogen (secondary N) is 2. The number of rotatable bonds is 13. The van der Waals surface area contributed by atoms with Gasteiger partial charge in [0, 0.05) is 9.79 Å². The average Bonchev–Trinajstić information content (AvgIpc) is 2.87. The van der Waals surface area contributed by atoms with Crippen molar-refractivity contribution in [3.8, 4) is 0 Å². The summed E-state index contributed by atoms with van der Waals surface area (Å²) < 4.78 is 0. The number of carbonyl (C=O) groups is 4. The number of aliphatic carboxylic acids is 2. The van der Waals surface area contributed by atoms with Gasteiger partial charge in [0.15, 0.2) is 0 Å². The molecule has 4 N–H and O–H groups in total. The highest BCUT2D eigenvalue weighted by Gasteiger charge is 2.28. The van der Waals surface area contributed by atoms with Crippen LogP contribution in [0.15, 0.2) is 58.3 Å². The van der Waals surface area contributed by atoms with Crippen LogP contribution in [0.2, 0.25) is 0 Å². The topological polar surface area (TPSA) is 133 Å². The van der Waals surface area contributed by atoms with E-state index in [1.807, 2.05) is 13.8 Å². The SMILES string of the molecule is CCC(C)[C@@H](NC(=O)c1ccccc1SSc1ccccc1C(=O)N[C@@H](C(=O)O)C(C)CC)C(=O)O. The van der Waals surface area contributed by atoms with Crippen molar-refractivity contribution >= 4 is 45.3 Å². The van der Waals surface area contributed by atoms with Gasteiger partial charge in [-0.1, -0.05) is 86.4 Å². The van der Waals surface area contributed by atoms with Gasteiger partial charge in [0.05, 0.1) is 11.1 Å². The van der Waals surface area contributed by atoms with Gasteiger partial charge in [0.1, 0.15) is 12.1 Å². The second-order valence-electron chi connectivity index (χ2n) is 8.51. The molecular formula is C26H32N2O6S2. The summed E-state index contributed by atoms with van der Waals surface area (Å²) in [6, 6.07) is 11.7. The van der Waals surface area contributed by atoms with E-state index in [1.54, 1.807) is 62.4 Å². The molecule has 10 heteroatoms. The third kappa shape index (κ3) is 7.76. The third-order valence-corrected chi connectivity index (χ3v) is 8.50. The van der Waals surface area contributed by atoms with Crippen molar-refractivity contribution in [2.45, 2.75) is 62.4 Å². The van der Waals surface area contributed by atoms with Crippen molar-refractivity contribution in [3.05, 3.63) is 59.7 Å². The van der Waals surface area contributed by atoms with Crippen molar-refractivity contribution in [1.82, 2.24) is 10.6 Å². The minimum Gasteiger partial charge on any atom is -0.480 e. The number of carboxylic acids is 2. The monoisotopic (exact) mass is 532 g/mol. The molecule has 194 valence electrons. The molecule has 0 saturated heterocycles. The number of benzene rings is 2. The summed E-state index contributed by atoms with van der Waals surface area (Å²) in [4.78, 5) is 50.4.